The Hall–Kier alpha value is -1.61. The number of ether oxygens (including phenoxy) is 2. The molecular formula is C11H16N2O6S. The standard InChI is InChI=1S/C11H16N2O6S/c1-3-17-11(14)9-6-10-13(12-9)8(4-5-18-10)7-19-20(2,15)16/h6,8H,3-5,7H2,1-2H3. The zero-order valence-corrected chi connectivity index (χ0v) is 12.1. The average Bonchev–Trinajstić information content (AvgIpc) is 2.80. The van der Waals surface area contributed by atoms with Gasteiger partial charge >= 0.3 is 5.97 Å². The van der Waals surface area contributed by atoms with Gasteiger partial charge in [-0.25, -0.2) is 9.48 Å². The van der Waals surface area contributed by atoms with Gasteiger partial charge < -0.3 is 9.47 Å². The second kappa shape index (κ2) is 5.80. The van der Waals surface area contributed by atoms with Crippen LogP contribution in [-0.4, -0.2) is 50.2 Å². The highest BCUT2D eigenvalue weighted by Gasteiger charge is 2.26. The van der Waals surface area contributed by atoms with E-state index in [4.69, 9.17) is 13.7 Å². The minimum absolute atomic E-state index is 0.0425. The van der Waals surface area contributed by atoms with E-state index in [1.807, 2.05) is 0 Å². The van der Waals surface area contributed by atoms with Gasteiger partial charge in [-0.3, -0.25) is 4.18 Å². The summed E-state index contributed by atoms with van der Waals surface area (Å²) in [4.78, 5) is 11.6. The van der Waals surface area contributed by atoms with Gasteiger partial charge in [0.2, 0.25) is 5.88 Å². The predicted octanol–water partition coefficient (Wildman–Crippen LogP) is 0.360. The van der Waals surface area contributed by atoms with Crippen molar-refractivity contribution in [2.24, 2.45) is 0 Å². The Labute approximate surface area is 116 Å². The lowest BCUT2D eigenvalue weighted by Gasteiger charge is -2.23. The number of carbonyl (C=O) groups excluding carboxylic acids is 1. The maximum Gasteiger partial charge on any atom is 0.358 e. The van der Waals surface area contributed by atoms with Crippen molar-refractivity contribution < 1.29 is 26.9 Å². The van der Waals surface area contributed by atoms with Crippen molar-refractivity contribution in [1.29, 1.82) is 0 Å². The summed E-state index contributed by atoms with van der Waals surface area (Å²) in [6.07, 6.45) is 1.53. The Morgan fingerprint density at radius 2 is 2.35 bits per heavy atom. The maximum absolute atomic E-state index is 11.6. The fraction of sp³-hybridized carbons (Fsp3) is 0.636. The smallest absolute Gasteiger partial charge is 0.358 e. The van der Waals surface area contributed by atoms with Crippen molar-refractivity contribution in [2.75, 3.05) is 26.1 Å². The molecule has 0 amide bonds. The third-order valence-corrected chi connectivity index (χ3v) is 3.27. The zero-order chi connectivity index (χ0) is 14.8. The maximum atomic E-state index is 11.6. The van der Waals surface area contributed by atoms with Gasteiger partial charge in [-0.2, -0.15) is 13.5 Å². The van der Waals surface area contributed by atoms with Crippen molar-refractivity contribution in [1.82, 2.24) is 9.78 Å². The van der Waals surface area contributed by atoms with E-state index in [2.05, 4.69) is 5.10 Å². The molecule has 112 valence electrons. The second-order valence-corrected chi connectivity index (χ2v) is 5.96. The lowest BCUT2D eigenvalue weighted by atomic mass is 10.2. The van der Waals surface area contributed by atoms with Gasteiger partial charge in [0.15, 0.2) is 5.69 Å². The molecule has 0 aromatic carbocycles. The highest BCUT2D eigenvalue weighted by molar-refractivity contribution is 7.85. The first-order valence-corrected chi connectivity index (χ1v) is 7.96. The number of carbonyl (C=O) groups is 1. The van der Waals surface area contributed by atoms with Gasteiger partial charge in [-0.1, -0.05) is 0 Å². The van der Waals surface area contributed by atoms with Gasteiger partial charge in [-0.05, 0) is 6.92 Å². The SMILES string of the molecule is CCOC(=O)c1cc2n(n1)C(COS(C)(=O)=O)CCO2. The molecule has 20 heavy (non-hydrogen) atoms. The lowest BCUT2D eigenvalue weighted by molar-refractivity contribution is 0.0517. The monoisotopic (exact) mass is 304 g/mol. The molecule has 1 atom stereocenters. The molecule has 2 heterocycles. The average molecular weight is 304 g/mol. The molecule has 2 rings (SSSR count). The van der Waals surface area contributed by atoms with Crippen LogP contribution in [0.15, 0.2) is 6.07 Å². The molecule has 8 nitrogen and oxygen atoms in total. The molecule has 1 aromatic rings. The molecule has 1 aromatic heterocycles. The van der Waals surface area contributed by atoms with Crippen LogP contribution in [-0.2, 0) is 19.0 Å². The fourth-order valence-corrected chi connectivity index (χ4v) is 2.23. The van der Waals surface area contributed by atoms with E-state index in [9.17, 15) is 13.2 Å². The Bertz CT molecular complexity index is 594. The Balaban J connectivity index is 2.16. The third-order valence-electron chi connectivity index (χ3n) is 2.71. The molecule has 0 saturated heterocycles. The topological polar surface area (TPSA) is 96.7 Å². The molecule has 1 unspecified atom stereocenters. The van der Waals surface area contributed by atoms with E-state index >= 15 is 0 Å². The normalized spacial score (nSPS) is 18.2. The zero-order valence-electron chi connectivity index (χ0n) is 11.2. The highest BCUT2D eigenvalue weighted by atomic mass is 32.2. The van der Waals surface area contributed by atoms with E-state index in [1.54, 1.807) is 6.92 Å². The van der Waals surface area contributed by atoms with Crippen LogP contribution in [0.25, 0.3) is 0 Å². The summed E-state index contributed by atoms with van der Waals surface area (Å²) in [6, 6.07) is 1.18. The fourth-order valence-electron chi connectivity index (χ4n) is 1.83. The summed E-state index contributed by atoms with van der Waals surface area (Å²) in [7, 11) is -3.52. The summed E-state index contributed by atoms with van der Waals surface area (Å²) < 4.78 is 38.5. The molecule has 0 aliphatic carbocycles. The Kier molecular flexibility index (Phi) is 4.29. The van der Waals surface area contributed by atoms with E-state index in [1.165, 1.54) is 10.7 Å². The summed E-state index contributed by atoms with van der Waals surface area (Å²) in [5.74, 6) is -0.137. The first kappa shape index (κ1) is 14.8. The molecule has 1 aliphatic heterocycles. The Morgan fingerprint density at radius 3 is 3.00 bits per heavy atom. The highest BCUT2D eigenvalue weighted by Crippen LogP contribution is 2.27. The van der Waals surface area contributed by atoms with Crippen molar-refractivity contribution in [3.63, 3.8) is 0 Å². The quantitative estimate of drug-likeness (QED) is 0.572. The molecular weight excluding hydrogens is 288 g/mol. The number of esters is 1. The van der Waals surface area contributed by atoms with Crippen LogP contribution in [0.5, 0.6) is 5.88 Å². The van der Waals surface area contributed by atoms with Crippen LogP contribution in [0.3, 0.4) is 0 Å². The number of hydrogen-bond acceptors (Lipinski definition) is 7. The minimum Gasteiger partial charge on any atom is -0.478 e. The van der Waals surface area contributed by atoms with Gasteiger partial charge in [0.05, 0.1) is 32.1 Å². The van der Waals surface area contributed by atoms with E-state index in [0.717, 1.165) is 6.26 Å². The van der Waals surface area contributed by atoms with Gasteiger partial charge in [0, 0.05) is 12.5 Å². The van der Waals surface area contributed by atoms with Crippen molar-refractivity contribution >= 4 is 16.1 Å². The van der Waals surface area contributed by atoms with E-state index in [0.29, 0.717) is 18.9 Å². The van der Waals surface area contributed by atoms with Crippen LogP contribution >= 0.6 is 0 Å². The van der Waals surface area contributed by atoms with Gasteiger partial charge in [0.25, 0.3) is 10.1 Å². The molecule has 0 fully saturated rings. The molecule has 0 radical (unpaired) electrons. The van der Waals surface area contributed by atoms with Crippen molar-refractivity contribution in [3.8, 4) is 5.88 Å². The molecule has 9 heteroatoms. The largest absolute Gasteiger partial charge is 0.478 e. The van der Waals surface area contributed by atoms with E-state index in [-0.39, 0.29) is 24.9 Å². The lowest BCUT2D eigenvalue weighted by Crippen LogP contribution is -2.26. The minimum atomic E-state index is -3.52. The summed E-state index contributed by atoms with van der Waals surface area (Å²) >= 11 is 0. The van der Waals surface area contributed by atoms with Crippen LogP contribution in [0.4, 0.5) is 0 Å². The summed E-state index contributed by atoms with van der Waals surface area (Å²) in [5.41, 5.74) is 0.133. The van der Waals surface area contributed by atoms with Crippen LogP contribution in [0.2, 0.25) is 0 Å². The number of fused-ring (bicyclic) bond motifs is 1. The molecule has 0 N–H and O–H groups in total. The predicted molar refractivity (Wildman–Crippen MR) is 68.1 cm³/mol. The number of aromatic nitrogens is 2. The third kappa shape index (κ3) is 3.48. The number of hydrogen-bond donors (Lipinski definition) is 0. The molecule has 0 spiro atoms. The number of nitrogens with zero attached hydrogens (tertiary/aromatic N) is 2. The van der Waals surface area contributed by atoms with Crippen LogP contribution in [0.1, 0.15) is 29.9 Å². The first-order valence-electron chi connectivity index (χ1n) is 6.14. The number of rotatable bonds is 5. The van der Waals surface area contributed by atoms with Crippen molar-refractivity contribution in [3.05, 3.63) is 11.8 Å². The molecule has 0 bridgehead atoms. The summed E-state index contributed by atoms with van der Waals surface area (Å²) in [6.45, 7) is 2.32. The van der Waals surface area contributed by atoms with Crippen molar-refractivity contribution in [2.45, 2.75) is 19.4 Å². The van der Waals surface area contributed by atoms with Crippen LogP contribution < -0.4 is 4.74 Å². The second-order valence-electron chi connectivity index (χ2n) is 4.31. The van der Waals surface area contributed by atoms with Gasteiger partial charge in [-0.15, -0.1) is 0 Å². The van der Waals surface area contributed by atoms with Crippen LogP contribution in [0, 0.1) is 0 Å². The molecule has 1 aliphatic rings. The Morgan fingerprint density at radius 1 is 1.60 bits per heavy atom. The molecule has 0 saturated carbocycles. The first-order chi connectivity index (χ1) is 9.40. The van der Waals surface area contributed by atoms with E-state index < -0.39 is 16.1 Å². The summed E-state index contributed by atoms with van der Waals surface area (Å²) in [5, 5.41) is 4.09. The van der Waals surface area contributed by atoms with Gasteiger partial charge in [0.1, 0.15) is 0 Å².